The van der Waals surface area contributed by atoms with E-state index >= 15 is 0 Å². The van der Waals surface area contributed by atoms with E-state index in [4.69, 9.17) is 9.84 Å². The molecule has 0 heterocycles. The van der Waals surface area contributed by atoms with Crippen molar-refractivity contribution in [3.05, 3.63) is 48.2 Å². The zero-order valence-corrected chi connectivity index (χ0v) is 12.7. The predicted octanol–water partition coefficient (Wildman–Crippen LogP) is 0.739. The first-order chi connectivity index (χ1) is 10.4. The van der Waals surface area contributed by atoms with E-state index in [9.17, 15) is 14.7 Å². The molecule has 0 saturated heterocycles. The summed E-state index contributed by atoms with van der Waals surface area (Å²) in [6, 6.07) is 9.19. The SMILES string of the molecule is CC(C)(CO)[C@@H](O)C(=O)N/[13CH]=[13CH]/[13C](=O)OCc1ccccc1. The van der Waals surface area contributed by atoms with Crippen molar-refractivity contribution < 1.29 is 24.5 Å². The number of hydrogen-bond acceptors (Lipinski definition) is 5. The van der Waals surface area contributed by atoms with E-state index in [1.807, 2.05) is 30.3 Å². The fourth-order valence-corrected chi connectivity index (χ4v) is 1.49. The van der Waals surface area contributed by atoms with Crippen LogP contribution in [0.3, 0.4) is 0 Å². The summed E-state index contributed by atoms with van der Waals surface area (Å²) in [7, 11) is 0. The lowest BCUT2D eigenvalue weighted by Gasteiger charge is -2.26. The molecule has 1 aromatic carbocycles. The van der Waals surface area contributed by atoms with Gasteiger partial charge >= 0.3 is 5.97 Å². The number of nitrogens with one attached hydrogen (secondary N) is 1. The van der Waals surface area contributed by atoms with Gasteiger partial charge in [0.25, 0.3) is 5.91 Å². The number of esters is 1. The van der Waals surface area contributed by atoms with Gasteiger partial charge in [-0.25, -0.2) is 4.79 Å². The van der Waals surface area contributed by atoms with Crippen LogP contribution in [0.4, 0.5) is 0 Å². The van der Waals surface area contributed by atoms with Crippen molar-refractivity contribution in [2.24, 2.45) is 5.41 Å². The Morgan fingerprint density at radius 2 is 1.95 bits per heavy atom. The molecule has 3 N–H and O–H groups in total. The molecule has 0 bridgehead atoms. The van der Waals surface area contributed by atoms with Crippen molar-refractivity contribution in [2.45, 2.75) is 26.6 Å². The minimum Gasteiger partial charge on any atom is -0.458 e. The number of ether oxygens (including phenoxy) is 1. The van der Waals surface area contributed by atoms with Crippen LogP contribution in [0.15, 0.2) is 42.6 Å². The minimum absolute atomic E-state index is 0.137. The third-order valence-corrected chi connectivity index (χ3v) is 3.07. The highest BCUT2D eigenvalue weighted by Gasteiger charge is 2.32. The Bertz CT molecular complexity index is 525. The smallest absolute Gasteiger partial charge is 0.332 e. The third kappa shape index (κ3) is 5.67. The van der Waals surface area contributed by atoms with Crippen LogP contribution < -0.4 is 5.32 Å². The van der Waals surface area contributed by atoms with E-state index < -0.39 is 23.4 Å². The van der Waals surface area contributed by atoms with Crippen LogP contribution in [-0.2, 0) is 20.9 Å². The van der Waals surface area contributed by atoms with Gasteiger partial charge in [0.2, 0.25) is 0 Å². The van der Waals surface area contributed by atoms with Gasteiger partial charge < -0.3 is 20.3 Å². The van der Waals surface area contributed by atoms with Gasteiger partial charge in [-0.15, -0.1) is 0 Å². The molecular weight excluding hydrogens is 289 g/mol. The summed E-state index contributed by atoms with van der Waals surface area (Å²) in [6.45, 7) is 2.90. The average Bonchev–Trinajstić information content (AvgIpc) is 2.53. The molecule has 22 heavy (non-hydrogen) atoms. The molecule has 0 aliphatic rings. The van der Waals surface area contributed by atoms with Crippen LogP contribution in [0, 0.1) is 5.41 Å². The van der Waals surface area contributed by atoms with Crippen LogP contribution in [0.25, 0.3) is 0 Å². The fraction of sp³-hybridized carbons (Fsp3) is 0.375. The number of amides is 1. The number of benzene rings is 1. The summed E-state index contributed by atoms with van der Waals surface area (Å²) in [6.07, 6.45) is 0.772. The largest absolute Gasteiger partial charge is 0.458 e. The maximum Gasteiger partial charge on any atom is 0.332 e. The monoisotopic (exact) mass is 310 g/mol. The molecule has 0 aromatic heterocycles. The molecule has 1 atom stereocenters. The van der Waals surface area contributed by atoms with Gasteiger partial charge in [0.1, 0.15) is 12.7 Å². The van der Waals surface area contributed by atoms with Crippen LogP contribution in [-0.4, -0.2) is 34.8 Å². The van der Waals surface area contributed by atoms with E-state index in [0.29, 0.717) is 0 Å². The maximum absolute atomic E-state index is 11.6. The second-order valence-corrected chi connectivity index (χ2v) is 5.48. The Balaban J connectivity index is 2.39. The van der Waals surface area contributed by atoms with Crippen molar-refractivity contribution in [1.29, 1.82) is 0 Å². The van der Waals surface area contributed by atoms with Crippen molar-refractivity contribution in [2.75, 3.05) is 6.61 Å². The highest BCUT2D eigenvalue weighted by molar-refractivity contribution is 5.85. The standard InChI is InChI=1S/C16H21NO5/c1-16(2,11-18)14(20)15(21)17-9-8-13(19)22-10-12-6-4-3-5-7-12/h3-9,14,18,20H,10-11H2,1-2H3,(H,17,21)/b9-8+/t14-/m0/s1/i8+1,9+1,13+1. The van der Waals surface area contributed by atoms with Gasteiger partial charge in [-0.1, -0.05) is 44.2 Å². The molecule has 0 saturated carbocycles. The first-order valence-electron chi connectivity index (χ1n) is 6.83. The number of aliphatic hydroxyl groups excluding tert-OH is 2. The molecule has 6 heteroatoms. The van der Waals surface area contributed by atoms with Crippen molar-refractivity contribution >= 4 is 11.9 Å². The quantitative estimate of drug-likeness (QED) is 0.392. The molecule has 0 fully saturated rings. The van der Waals surface area contributed by atoms with Crippen molar-refractivity contribution in [3.8, 4) is 0 Å². The highest BCUT2D eigenvalue weighted by atomic mass is 16.6. The molecule has 0 aliphatic heterocycles. The molecule has 1 amide bonds. The summed E-state index contributed by atoms with van der Waals surface area (Å²) in [5.41, 5.74) is -0.112. The first-order valence-corrected chi connectivity index (χ1v) is 6.83. The van der Waals surface area contributed by atoms with E-state index in [0.717, 1.165) is 17.8 Å². The molecule has 120 valence electrons. The number of rotatable bonds is 7. The zero-order chi connectivity index (χ0) is 16.6. The summed E-state index contributed by atoms with van der Waals surface area (Å²) in [5.74, 6) is -1.31. The summed E-state index contributed by atoms with van der Waals surface area (Å²) in [5, 5.41) is 21.1. The third-order valence-electron chi connectivity index (χ3n) is 3.07. The maximum atomic E-state index is 11.6. The molecule has 0 radical (unpaired) electrons. The number of carbonyl (C=O) groups excluding carboxylic acids is 2. The van der Waals surface area contributed by atoms with E-state index in [-0.39, 0.29) is 13.2 Å². The van der Waals surface area contributed by atoms with Gasteiger partial charge in [-0.3, -0.25) is 4.79 Å². The first kappa shape index (κ1) is 17.9. The lowest BCUT2D eigenvalue weighted by molar-refractivity contribution is -0.139. The Labute approximate surface area is 129 Å². The lowest BCUT2D eigenvalue weighted by atomic mass is 9.87. The molecule has 0 unspecified atom stereocenters. The summed E-state index contributed by atoms with van der Waals surface area (Å²) >= 11 is 0. The van der Waals surface area contributed by atoms with Crippen molar-refractivity contribution in [3.63, 3.8) is 0 Å². The topological polar surface area (TPSA) is 95.9 Å². The highest BCUT2D eigenvalue weighted by Crippen LogP contribution is 2.19. The molecule has 6 nitrogen and oxygen atoms in total. The fourth-order valence-electron chi connectivity index (χ4n) is 1.49. The van der Waals surface area contributed by atoms with E-state index in [2.05, 4.69) is 5.32 Å². The zero-order valence-electron chi connectivity index (χ0n) is 12.7. The molecule has 1 aromatic rings. The normalized spacial score (nSPS) is 12.9. The van der Waals surface area contributed by atoms with Crippen LogP contribution in [0.1, 0.15) is 19.4 Å². The number of aliphatic hydroxyl groups is 2. The molecular formula is C16H21NO5. The van der Waals surface area contributed by atoms with Crippen LogP contribution in [0.5, 0.6) is 0 Å². The summed E-state index contributed by atoms with van der Waals surface area (Å²) in [4.78, 5) is 23.1. The lowest BCUT2D eigenvalue weighted by Crippen LogP contribution is -2.44. The van der Waals surface area contributed by atoms with Gasteiger partial charge in [0, 0.05) is 17.7 Å². The molecule has 0 spiro atoms. The minimum atomic E-state index is -1.39. The number of hydrogen-bond donors (Lipinski definition) is 3. The Hall–Kier alpha value is -2.18. The molecule has 1 rings (SSSR count). The number of carbonyl (C=O) groups is 2. The van der Waals surface area contributed by atoms with Crippen LogP contribution >= 0.6 is 0 Å². The Kier molecular flexibility index (Phi) is 6.75. The summed E-state index contributed by atoms with van der Waals surface area (Å²) < 4.78 is 4.98. The van der Waals surface area contributed by atoms with Gasteiger partial charge in [-0.05, 0) is 5.56 Å². The van der Waals surface area contributed by atoms with Crippen molar-refractivity contribution in [1.82, 2.24) is 5.32 Å². The van der Waals surface area contributed by atoms with Gasteiger partial charge in [0.15, 0.2) is 0 Å². The van der Waals surface area contributed by atoms with Crippen LogP contribution in [0.2, 0.25) is 0 Å². The van der Waals surface area contributed by atoms with Gasteiger partial charge in [-0.2, -0.15) is 0 Å². The molecule has 0 aliphatic carbocycles. The van der Waals surface area contributed by atoms with E-state index in [1.54, 1.807) is 13.8 Å². The Morgan fingerprint density at radius 1 is 1.32 bits per heavy atom. The van der Waals surface area contributed by atoms with E-state index in [1.165, 1.54) is 0 Å². The average molecular weight is 310 g/mol. The second-order valence-electron chi connectivity index (χ2n) is 5.48. The van der Waals surface area contributed by atoms with Gasteiger partial charge in [0.05, 0.1) is 6.61 Å². The second kappa shape index (κ2) is 8.31. The Morgan fingerprint density at radius 3 is 2.55 bits per heavy atom. The predicted molar refractivity (Wildman–Crippen MR) is 80.4 cm³/mol.